The van der Waals surface area contributed by atoms with Crippen LogP contribution in [-0.4, -0.2) is 41.8 Å². The van der Waals surface area contributed by atoms with Gasteiger partial charge in [0.2, 0.25) is 12.3 Å². The zero-order valence-electron chi connectivity index (χ0n) is 13.6. The molecule has 4 heteroatoms. The fourth-order valence-corrected chi connectivity index (χ4v) is 2.19. The van der Waals surface area contributed by atoms with E-state index in [1.54, 1.807) is 16.8 Å². The van der Waals surface area contributed by atoms with Crippen LogP contribution in [0.2, 0.25) is 0 Å². The van der Waals surface area contributed by atoms with Gasteiger partial charge in [0, 0.05) is 19.6 Å². The van der Waals surface area contributed by atoms with Gasteiger partial charge in [0.1, 0.15) is 6.04 Å². The predicted octanol–water partition coefficient (Wildman–Crippen LogP) is 2.71. The van der Waals surface area contributed by atoms with Gasteiger partial charge in [-0.3, -0.25) is 9.59 Å². The van der Waals surface area contributed by atoms with Crippen LogP contribution in [0.3, 0.4) is 0 Å². The molecule has 0 aliphatic rings. The first-order valence-electron chi connectivity index (χ1n) is 7.41. The molecule has 0 aliphatic carbocycles. The number of amides is 2. The van der Waals surface area contributed by atoms with Gasteiger partial charge in [-0.1, -0.05) is 44.2 Å². The molecule has 21 heavy (non-hydrogen) atoms. The van der Waals surface area contributed by atoms with Crippen molar-refractivity contribution < 1.29 is 9.59 Å². The van der Waals surface area contributed by atoms with E-state index >= 15 is 0 Å². The van der Waals surface area contributed by atoms with E-state index in [9.17, 15) is 9.59 Å². The standard InChI is InChI=1S/C17H26N2O2/c1-13(2)11-19(12-20)16(15-9-7-6-8-10-15)17(21)18(5)14(3)4/h6-10,12-14,16H,11H2,1-5H3. The first kappa shape index (κ1) is 17.2. The van der Waals surface area contributed by atoms with Gasteiger partial charge in [-0.15, -0.1) is 0 Å². The van der Waals surface area contributed by atoms with Gasteiger partial charge < -0.3 is 9.80 Å². The molecule has 1 aromatic carbocycles. The Labute approximate surface area is 127 Å². The van der Waals surface area contributed by atoms with Crippen LogP contribution < -0.4 is 0 Å². The zero-order valence-corrected chi connectivity index (χ0v) is 13.6. The minimum atomic E-state index is -0.557. The Kier molecular flexibility index (Phi) is 6.40. The number of carbonyl (C=O) groups excluding carboxylic acids is 2. The molecule has 1 unspecified atom stereocenters. The maximum Gasteiger partial charge on any atom is 0.249 e. The van der Waals surface area contributed by atoms with Crippen LogP contribution in [-0.2, 0) is 9.59 Å². The highest BCUT2D eigenvalue weighted by molar-refractivity contribution is 5.85. The number of nitrogens with zero attached hydrogens (tertiary/aromatic N) is 2. The second-order valence-electron chi connectivity index (χ2n) is 6.05. The van der Waals surface area contributed by atoms with E-state index in [1.165, 1.54) is 0 Å². The minimum Gasteiger partial charge on any atom is -0.341 e. The average Bonchev–Trinajstić information content (AvgIpc) is 2.46. The van der Waals surface area contributed by atoms with E-state index < -0.39 is 6.04 Å². The van der Waals surface area contributed by atoms with Crippen LogP contribution in [0.4, 0.5) is 0 Å². The predicted molar refractivity (Wildman–Crippen MR) is 84.7 cm³/mol. The normalized spacial score (nSPS) is 12.3. The summed E-state index contributed by atoms with van der Waals surface area (Å²) in [4.78, 5) is 27.6. The number of rotatable bonds is 7. The van der Waals surface area contributed by atoms with Crippen LogP contribution in [0.15, 0.2) is 30.3 Å². The molecule has 1 rings (SSSR count). The smallest absolute Gasteiger partial charge is 0.249 e. The second kappa shape index (κ2) is 7.81. The maximum absolute atomic E-state index is 12.8. The average molecular weight is 290 g/mol. The molecule has 1 atom stereocenters. The minimum absolute atomic E-state index is 0.0519. The van der Waals surface area contributed by atoms with E-state index in [0.29, 0.717) is 12.5 Å². The van der Waals surface area contributed by atoms with Crippen molar-refractivity contribution in [3.8, 4) is 0 Å². The first-order valence-corrected chi connectivity index (χ1v) is 7.41. The van der Waals surface area contributed by atoms with Crippen LogP contribution >= 0.6 is 0 Å². The number of hydrogen-bond donors (Lipinski definition) is 0. The highest BCUT2D eigenvalue weighted by atomic mass is 16.2. The van der Waals surface area contributed by atoms with Gasteiger partial charge in [0.25, 0.3) is 0 Å². The summed E-state index contributed by atoms with van der Waals surface area (Å²) < 4.78 is 0. The summed E-state index contributed by atoms with van der Waals surface area (Å²) in [6.45, 7) is 8.56. The molecule has 2 amide bonds. The van der Waals surface area contributed by atoms with Gasteiger partial charge >= 0.3 is 0 Å². The van der Waals surface area contributed by atoms with Gasteiger partial charge in [0.05, 0.1) is 0 Å². The van der Waals surface area contributed by atoms with Gasteiger partial charge in [-0.2, -0.15) is 0 Å². The molecule has 4 nitrogen and oxygen atoms in total. The molecule has 0 N–H and O–H groups in total. The fraction of sp³-hybridized carbons (Fsp3) is 0.529. The highest BCUT2D eigenvalue weighted by Crippen LogP contribution is 2.23. The summed E-state index contributed by atoms with van der Waals surface area (Å²) in [6.07, 6.45) is 0.781. The van der Waals surface area contributed by atoms with E-state index in [4.69, 9.17) is 0 Å². The Morgan fingerprint density at radius 3 is 2.14 bits per heavy atom. The van der Waals surface area contributed by atoms with Gasteiger partial charge in [-0.05, 0) is 25.3 Å². The quantitative estimate of drug-likeness (QED) is 0.724. The molecule has 1 aromatic rings. The Morgan fingerprint density at radius 2 is 1.71 bits per heavy atom. The van der Waals surface area contributed by atoms with Crippen molar-refractivity contribution in [3.63, 3.8) is 0 Å². The highest BCUT2D eigenvalue weighted by Gasteiger charge is 2.30. The molecule has 0 bridgehead atoms. The lowest BCUT2D eigenvalue weighted by Crippen LogP contribution is -2.44. The Bertz CT molecular complexity index is 457. The largest absolute Gasteiger partial charge is 0.341 e. The Balaban J connectivity index is 3.16. The molecular weight excluding hydrogens is 264 g/mol. The van der Waals surface area contributed by atoms with Crippen molar-refractivity contribution in [1.82, 2.24) is 9.80 Å². The molecular formula is C17H26N2O2. The topological polar surface area (TPSA) is 40.6 Å². The maximum atomic E-state index is 12.8. The third-order valence-corrected chi connectivity index (χ3v) is 3.51. The van der Waals surface area contributed by atoms with E-state index in [1.807, 2.05) is 58.0 Å². The lowest BCUT2D eigenvalue weighted by Gasteiger charge is -2.33. The van der Waals surface area contributed by atoms with Crippen molar-refractivity contribution in [2.75, 3.05) is 13.6 Å². The molecule has 0 aliphatic heterocycles. The number of likely N-dealkylation sites (N-methyl/N-ethyl adjacent to an activating group) is 1. The second-order valence-corrected chi connectivity index (χ2v) is 6.05. The van der Waals surface area contributed by atoms with E-state index in [-0.39, 0.29) is 11.9 Å². The lowest BCUT2D eigenvalue weighted by molar-refractivity contribution is -0.141. The third kappa shape index (κ3) is 4.59. The van der Waals surface area contributed by atoms with Crippen LogP contribution in [0, 0.1) is 5.92 Å². The van der Waals surface area contributed by atoms with E-state index in [0.717, 1.165) is 12.0 Å². The van der Waals surface area contributed by atoms with Crippen LogP contribution in [0.1, 0.15) is 39.3 Å². The summed E-state index contributed by atoms with van der Waals surface area (Å²) in [6, 6.07) is 9.02. The van der Waals surface area contributed by atoms with Crippen LogP contribution in [0.25, 0.3) is 0 Å². The summed E-state index contributed by atoms with van der Waals surface area (Å²) >= 11 is 0. The third-order valence-electron chi connectivity index (χ3n) is 3.51. The van der Waals surface area contributed by atoms with Crippen molar-refractivity contribution in [3.05, 3.63) is 35.9 Å². The SMILES string of the molecule is CC(C)CN(C=O)C(C(=O)N(C)C(C)C)c1ccccc1. The molecule has 0 saturated carbocycles. The Hall–Kier alpha value is -1.84. The summed E-state index contributed by atoms with van der Waals surface area (Å²) in [7, 11) is 1.78. The van der Waals surface area contributed by atoms with E-state index in [2.05, 4.69) is 0 Å². The first-order chi connectivity index (χ1) is 9.88. The Morgan fingerprint density at radius 1 is 1.14 bits per heavy atom. The monoisotopic (exact) mass is 290 g/mol. The van der Waals surface area contributed by atoms with Gasteiger partial charge in [-0.25, -0.2) is 0 Å². The molecule has 116 valence electrons. The summed E-state index contributed by atoms with van der Waals surface area (Å²) in [5.74, 6) is 0.252. The number of carbonyl (C=O) groups is 2. The zero-order chi connectivity index (χ0) is 16.0. The molecule has 0 heterocycles. The van der Waals surface area contributed by atoms with Crippen molar-refractivity contribution in [1.29, 1.82) is 0 Å². The summed E-state index contributed by atoms with van der Waals surface area (Å²) in [5.41, 5.74) is 0.850. The fourth-order valence-electron chi connectivity index (χ4n) is 2.19. The molecule has 0 aromatic heterocycles. The van der Waals surface area contributed by atoms with Crippen molar-refractivity contribution in [2.24, 2.45) is 5.92 Å². The molecule has 0 spiro atoms. The summed E-state index contributed by atoms with van der Waals surface area (Å²) in [5, 5.41) is 0. The number of benzene rings is 1. The number of hydrogen-bond acceptors (Lipinski definition) is 2. The lowest BCUT2D eigenvalue weighted by atomic mass is 10.0. The molecule has 0 saturated heterocycles. The van der Waals surface area contributed by atoms with Crippen LogP contribution in [0.5, 0.6) is 0 Å². The molecule has 0 radical (unpaired) electrons. The van der Waals surface area contributed by atoms with Crippen molar-refractivity contribution >= 4 is 12.3 Å². The molecule has 0 fully saturated rings. The van der Waals surface area contributed by atoms with Gasteiger partial charge in [0.15, 0.2) is 0 Å². The van der Waals surface area contributed by atoms with Crippen molar-refractivity contribution in [2.45, 2.75) is 39.8 Å².